The lowest BCUT2D eigenvalue weighted by Gasteiger charge is -2.35. The molecule has 0 spiro atoms. The predicted octanol–water partition coefficient (Wildman–Crippen LogP) is 4.49. The molecule has 1 aliphatic carbocycles. The zero-order valence-electron chi connectivity index (χ0n) is 15.8. The van der Waals surface area contributed by atoms with Gasteiger partial charge in [-0.25, -0.2) is 4.79 Å². The van der Waals surface area contributed by atoms with Crippen LogP contribution in [0.4, 0.5) is 0 Å². The number of nitrogens with one attached hydrogen (secondary N) is 1. The fourth-order valence-corrected chi connectivity index (χ4v) is 4.83. The molecule has 4 nitrogen and oxygen atoms in total. The summed E-state index contributed by atoms with van der Waals surface area (Å²) in [5.41, 5.74) is 3.51. The van der Waals surface area contributed by atoms with Crippen LogP contribution in [0.3, 0.4) is 0 Å². The highest BCUT2D eigenvalue weighted by Crippen LogP contribution is 2.30. The minimum atomic E-state index is 0.0399. The third-order valence-electron chi connectivity index (χ3n) is 6.40. The molecule has 1 aliphatic heterocycles. The SMILES string of the molecule is C=C1CCCCCCC1CN1CCC(n2c(=O)[nH]c3ccccc32)CC1. The molecule has 1 saturated carbocycles. The molecular weight excluding hydrogens is 322 g/mol. The van der Waals surface area contributed by atoms with E-state index in [2.05, 4.69) is 22.5 Å². The molecule has 2 aromatic rings. The second-order valence-corrected chi connectivity index (χ2v) is 8.16. The van der Waals surface area contributed by atoms with Crippen molar-refractivity contribution in [3.05, 3.63) is 46.9 Å². The van der Waals surface area contributed by atoms with Crippen LogP contribution in [0.15, 0.2) is 41.2 Å². The van der Waals surface area contributed by atoms with Gasteiger partial charge in [-0.05, 0) is 50.2 Å². The third-order valence-corrected chi connectivity index (χ3v) is 6.40. The van der Waals surface area contributed by atoms with E-state index < -0.39 is 0 Å². The first-order valence-corrected chi connectivity index (χ1v) is 10.3. The number of para-hydroxylation sites is 2. The highest BCUT2D eigenvalue weighted by Gasteiger charge is 2.26. The summed E-state index contributed by atoms with van der Waals surface area (Å²) in [6.07, 6.45) is 10.1. The van der Waals surface area contributed by atoms with Crippen LogP contribution in [-0.4, -0.2) is 34.1 Å². The number of likely N-dealkylation sites (tertiary alicyclic amines) is 1. The first kappa shape index (κ1) is 17.6. The molecule has 2 fully saturated rings. The van der Waals surface area contributed by atoms with E-state index in [4.69, 9.17) is 0 Å². The maximum Gasteiger partial charge on any atom is 0.326 e. The molecule has 1 aromatic carbocycles. The van der Waals surface area contributed by atoms with Gasteiger partial charge in [0.05, 0.1) is 11.0 Å². The Morgan fingerprint density at radius 2 is 1.81 bits per heavy atom. The Morgan fingerprint density at radius 1 is 1.04 bits per heavy atom. The first-order chi connectivity index (χ1) is 12.7. The Morgan fingerprint density at radius 3 is 2.65 bits per heavy atom. The molecule has 0 radical (unpaired) electrons. The number of fused-ring (bicyclic) bond motifs is 1. The van der Waals surface area contributed by atoms with E-state index in [0.29, 0.717) is 12.0 Å². The molecular formula is C22H31N3O. The van der Waals surface area contributed by atoms with Crippen molar-refractivity contribution in [2.45, 2.75) is 57.4 Å². The molecule has 2 heterocycles. The quantitative estimate of drug-likeness (QED) is 0.826. The van der Waals surface area contributed by atoms with Gasteiger partial charge in [-0.2, -0.15) is 0 Å². The second-order valence-electron chi connectivity index (χ2n) is 8.16. The van der Waals surface area contributed by atoms with Crippen LogP contribution in [0.2, 0.25) is 0 Å². The number of benzene rings is 1. The summed E-state index contributed by atoms with van der Waals surface area (Å²) in [6, 6.07) is 8.35. The van der Waals surface area contributed by atoms with Crippen LogP contribution in [0, 0.1) is 5.92 Å². The third kappa shape index (κ3) is 3.66. The Balaban J connectivity index is 1.40. The maximum absolute atomic E-state index is 12.4. The standard InChI is InChI=1S/C22H31N3O/c1-17-8-4-2-3-5-9-18(17)16-24-14-12-19(13-15-24)25-21-11-7-6-10-20(21)23-22(25)26/h6-7,10-11,18-19H,1-5,8-9,12-16H2,(H,23,26). The van der Waals surface area contributed by atoms with E-state index >= 15 is 0 Å². The van der Waals surface area contributed by atoms with Crippen LogP contribution in [-0.2, 0) is 0 Å². The van der Waals surface area contributed by atoms with Crippen molar-refractivity contribution >= 4 is 11.0 Å². The summed E-state index contributed by atoms with van der Waals surface area (Å²) in [6.45, 7) is 7.72. The molecule has 1 atom stereocenters. The van der Waals surface area contributed by atoms with E-state index in [1.807, 2.05) is 22.8 Å². The van der Waals surface area contributed by atoms with Crippen molar-refractivity contribution in [3.63, 3.8) is 0 Å². The van der Waals surface area contributed by atoms with E-state index in [1.165, 1.54) is 44.1 Å². The van der Waals surface area contributed by atoms with E-state index in [-0.39, 0.29) is 5.69 Å². The van der Waals surface area contributed by atoms with E-state index in [9.17, 15) is 4.79 Å². The molecule has 140 valence electrons. The van der Waals surface area contributed by atoms with Crippen molar-refractivity contribution < 1.29 is 0 Å². The van der Waals surface area contributed by atoms with E-state index in [0.717, 1.165) is 43.5 Å². The number of H-pyrrole nitrogens is 1. The second kappa shape index (κ2) is 7.83. The van der Waals surface area contributed by atoms with Crippen molar-refractivity contribution in [1.82, 2.24) is 14.5 Å². The smallest absolute Gasteiger partial charge is 0.306 e. The summed E-state index contributed by atoms with van der Waals surface area (Å²) >= 11 is 0. The van der Waals surface area contributed by atoms with Gasteiger partial charge in [0.25, 0.3) is 0 Å². The molecule has 0 bridgehead atoms. The van der Waals surface area contributed by atoms with Crippen molar-refractivity contribution in [2.75, 3.05) is 19.6 Å². The van der Waals surface area contributed by atoms with Gasteiger partial charge in [0.15, 0.2) is 0 Å². The van der Waals surface area contributed by atoms with Gasteiger partial charge in [0, 0.05) is 25.7 Å². The van der Waals surface area contributed by atoms with Crippen molar-refractivity contribution in [3.8, 4) is 0 Å². The lowest BCUT2D eigenvalue weighted by Crippen LogP contribution is -2.39. The van der Waals surface area contributed by atoms with Gasteiger partial charge in [-0.15, -0.1) is 0 Å². The van der Waals surface area contributed by atoms with Crippen LogP contribution < -0.4 is 5.69 Å². The first-order valence-electron chi connectivity index (χ1n) is 10.3. The Labute approximate surface area is 155 Å². The summed E-state index contributed by atoms with van der Waals surface area (Å²) in [7, 11) is 0. The molecule has 1 unspecified atom stereocenters. The molecule has 2 aliphatic rings. The minimum Gasteiger partial charge on any atom is -0.306 e. The lowest BCUT2D eigenvalue weighted by molar-refractivity contribution is 0.165. The van der Waals surface area contributed by atoms with Crippen molar-refractivity contribution in [1.29, 1.82) is 0 Å². The van der Waals surface area contributed by atoms with Crippen LogP contribution in [0.25, 0.3) is 11.0 Å². The highest BCUT2D eigenvalue weighted by atomic mass is 16.1. The number of aromatic amines is 1. The number of nitrogens with zero attached hydrogens (tertiary/aromatic N) is 2. The Kier molecular flexibility index (Phi) is 5.30. The zero-order chi connectivity index (χ0) is 17.9. The Hall–Kier alpha value is -1.81. The molecule has 4 rings (SSSR count). The largest absolute Gasteiger partial charge is 0.326 e. The summed E-state index contributed by atoms with van der Waals surface area (Å²) < 4.78 is 1.99. The van der Waals surface area contributed by atoms with Gasteiger partial charge in [0.1, 0.15) is 0 Å². The number of aromatic nitrogens is 2. The molecule has 1 N–H and O–H groups in total. The topological polar surface area (TPSA) is 41.0 Å². The fourth-order valence-electron chi connectivity index (χ4n) is 4.83. The van der Waals surface area contributed by atoms with Gasteiger partial charge >= 0.3 is 5.69 Å². The van der Waals surface area contributed by atoms with Crippen LogP contribution in [0.1, 0.15) is 57.4 Å². The Bertz CT molecular complexity index is 810. The normalized spacial score (nSPS) is 23.8. The number of piperidine rings is 1. The van der Waals surface area contributed by atoms with E-state index in [1.54, 1.807) is 0 Å². The fraction of sp³-hybridized carbons (Fsp3) is 0.591. The van der Waals surface area contributed by atoms with Crippen LogP contribution >= 0.6 is 0 Å². The van der Waals surface area contributed by atoms with Gasteiger partial charge in [0.2, 0.25) is 0 Å². The van der Waals surface area contributed by atoms with Gasteiger partial charge in [-0.1, -0.05) is 43.5 Å². The number of hydrogen-bond donors (Lipinski definition) is 1. The zero-order valence-corrected chi connectivity index (χ0v) is 15.8. The number of hydrogen-bond acceptors (Lipinski definition) is 2. The monoisotopic (exact) mass is 353 g/mol. The molecule has 4 heteroatoms. The maximum atomic E-state index is 12.4. The van der Waals surface area contributed by atoms with Crippen LogP contribution in [0.5, 0.6) is 0 Å². The van der Waals surface area contributed by atoms with Crippen molar-refractivity contribution in [2.24, 2.45) is 5.92 Å². The average Bonchev–Trinajstić information content (AvgIpc) is 2.98. The summed E-state index contributed by atoms with van der Waals surface area (Å²) in [4.78, 5) is 18.0. The lowest BCUT2D eigenvalue weighted by atomic mass is 9.86. The minimum absolute atomic E-state index is 0.0399. The van der Waals surface area contributed by atoms with Gasteiger partial charge < -0.3 is 9.88 Å². The number of imidazole rings is 1. The molecule has 1 saturated heterocycles. The summed E-state index contributed by atoms with van der Waals surface area (Å²) in [5, 5.41) is 0. The predicted molar refractivity (Wildman–Crippen MR) is 108 cm³/mol. The average molecular weight is 354 g/mol. The number of rotatable bonds is 3. The summed E-state index contributed by atoms with van der Waals surface area (Å²) in [5.74, 6) is 0.669. The molecule has 26 heavy (non-hydrogen) atoms. The van der Waals surface area contributed by atoms with Gasteiger partial charge in [-0.3, -0.25) is 4.57 Å². The molecule has 1 aromatic heterocycles. The molecule has 0 amide bonds. The highest BCUT2D eigenvalue weighted by molar-refractivity contribution is 5.75.